The predicted molar refractivity (Wildman–Crippen MR) is 85.0 cm³/mol. The van der Waals surface area contributed by atoms with Gasteiger partial charge in [0.2, 0.25) is 5.91 Å². The van der Waals surface area contributed by atoms with Crippen LogP contribution in [-0.4, -0.2) is 50.1 Å². The van der Waals surface area contributed by atoms with Gasteiger partial charge in [0.15, 0.2) is 5.65 Å². The van der Waals surface area contributed by atoms with E-state index in [9.17, 15) is 9.59 Å². The van der Waals surface area contributed by atoms with Crippen molar-refractivity contribution in [3.63, 3.8) is 0 Å². The van der Waals surface area contributed by atoms with Gasteiger partial charge in [-0.25, -0.2) is 9.97 Å². The average Bonchev–Trinajstić information content (AvgIpc) is 2.48. The molecule has 0 bridgehead atoms. The molecule has 1 aliphatic heterocycles. The van der Waals surface area contributed by atoms with Gasteiger partial charge in [-0.05, 0) is 32.9 Å². The van der Waals surface area contributed by atoms with Crippen molar-refractivity contribution in [2.24, 2.45) is 0 Å². The zero-order valence-electron chi connectivity index (χ0n) is 13.5. The maximum atomic E-state index is 12.6. The Bertz CT molecular complexity index is 799. The molecule has 1 atom stereocenters. The Morgan fingerprint density at radius 1 is 1.43 bits per heavy atom. The number of nitrogens with zero attached hydrogens (tertiary/aromatic N) is 4. The fraction of sp³-hybridized carbons (Fsp3) is 0.500. The molecule has 1 amide bonds. The van der Waals surface area contributed by atoms with E-state index in [0.717, 1.165) is 0 Å². The highest BCUT2D eigenvalue weighted by molar-refractivity contribution is 5.77. The summed E-state index contributed by atoms with van der Waals surface area (Å²) < 4.78 is 7.14. The lowest BCUT2D eigenvalue weighted by Crippen LogP contribution is -2.54. The van der Waals surface area contributed by atoms with Crippen LogP contribution in [0.2, 0.25) is 0 Å². The third-order valence-corrected chi connectivity index (χ3v) is 3.83. The van der Waals surface area contributed by atoms with Crippen LogP contribution in [0.25, 0.3) is 11.0 Å². The van der Waals surface area contributed by atoms with Crippen molar-refractivity contribution in [3.05, 3.63) is 35.0 Å². The van der Waals surface area contributed by atoms with Crippen LogP contribution in [0.1, 0.15) is 20.8 Å². The minimum atomic E-state index is -0.385. The molecule has 3 rings (SSSR count). The van der Waals surface area contributed by atoms with Crippen molar-refractivity contribution in [2.45, 2.75) is 39.0 Å². The highest BCUT2D eigenvalue weighted by atomic mass is 16.5. The van der Waals surface area contributed by atoms with Crippen LogP contribution in [0.3, 0.4) is 0 Å². The number of hydrogen-bond acceptors (Lipinski definition) is 5. The molecule has 7 heteroatoms. The number of morpholine rings is 1. The second-order valence-electron chi connectivity index (χ2n) is 6.51. The number of amides is 1. The lowest BCUT2D eigenvalue weighted by molar-refractivity contribution is -0.158. The van der Waals surface area contributed by atoms with Gasteiger partial charge in [-0.1, -0.05) is 0 Å². The van der Waals surface area contributed by atoms with E-state index in [-0.39, 0.29) is 29.7 Å². The topological polar surface area (TPSA) is 77.3 Å². The van der Waals surface area contributed by atoms with Gasteiger partial charge in [0.1, 0.15) is 12.9 Å². The first-order valence-electron chi connectivity index (χ1n) is 7.61. The van der Waals surface area contributed by atoms with Gasteiger partial charge in [0, 0.05) is 19.3 Å². The van der Waals surface area contributed by atoms with Crippen molar-refractivity contribution in [1.29, 1.82) is 0 Å². The van der Waals surface area contributed by atoms with E-state index in [4.69, 9.17) is 4.74 Å². The molecule has 0 saturated carbocycles. The highest BCUT2D eigenvalue weighted by Gasteiger charge is 2.33. The molecule has 7 nitrogen and oxygen atoms in total. The van der Waals surface area contributed by atoms with E-state index < -0.39 is 0 Å². The summed E-state index contributed by atoms with van der Waals surface area (Å²) in [6, 6.07) is 3.35. The summed E-state index contributed by atoms with van der Waals surface area (Å²) >= 11 is 0. The fourth-order valence-electron chi connectivity index (χ4n) is 3.00. The van der Waals surface area contributed by atoms with Gasteiger partial charge in [-0.3, -0.25) is 14.2 Å². The van der Waals surface area contributed by atoms with Gasteiger partial charge in [0.05, 0.1) is 17.1 Å². The molecular weight excluding hydrogens is 296 g/mol. The van der Waals surface area contributed by atoms with Gasteiger partial charge in [-0.2, -0.15) is 0 Å². The minimum absolute atomic E-state index is 0.0283. The Morgan fingerprint density at radius 2 is 2.22 bits per heavy atom. The molecule has 2 aromatic rings. The summed E-state index contributed by atoms with van der Waals surface area (Å²) in [5, 5.41) is 0.415. The predicted octanol–water partition coefficient (Wildman–Crippen LogP) is 0.817. The van der Waals surface area contributed by atoms with Gasteiger partial charge in [0.25, 0.3) is 5.56 Å². The number of pyridine rings is 1. The number of rotatable bonds is 2. The second kappa shape index (κ2) is 5.73. The van der Waals surface area contributed by atoms with Crippen molar-refractivity contribution >= 4 is 16.9 Å². The Morgan fingerprint density at radius 3 is 2.96 bits per heavy atom. The molecule has 2 aromatic heterocycles. The molecule has 3 heterocycles. The summed E-state index contributed by atoms with van der Waals surface area (Å²) in [7, 11) is 0. The Balaban J connectivity index is 1.83. The Hall–Kier alpha value is -2.28. The average molecular weight is 316 g/mol. The van der Waals surface area contributed by atoms with Crippen molar-refractivity contribution in [2.75, 3.05) is 13.1 Å². The fourth-order valence-corrected chi connectivity index (χ4v) is 3.00. The van der Waals surface area contributed by atoms with E-state index in [2.05, 4.69) is 9.97 Å². The molecule has 0 spiro atoms. The molecule has 0 radical (unpaired) electrons. The van der Waals surface area contributed by atoms with Crippen molar-refractivity contribution in [1.82, 2.24) is 19.4 Å². The molecule has 0 N–H and O–H groups in total. The lowest BCUT2D eigenvalue weighted by atomic mass is 10.1. The Kier molecular flexibility index (Phi) is 3.89. The SMILES string of the molecule is CC1CN(C(=O)Cn2cnc3ncccc3c2=O)CC(C)(C)O1. The largest absolute Gasteiger partial charge is 0.369 e. The number of aromatic nitrogens is 3. The molecular formula is C16H20N4O3. The standard InChI is InChI=1S/C16H20N4O3/c1-11-7-19(9-16(2,3)23-11)13(21)8-20-10-18-14-12(15(20)22)5-4-6-17-14/h4-6,10-11H,7-9H2,1-3H3. The molecule has 23 heavy (non-hydrogen) atoms. The van der Waals surface area contributed by atoms with E-state index >= 15 is 0 Å². The number of fused-ring (bicyclic) bond motifs is 1. The summed E-state index contributed by atoms with van der Waals surface area (Å²) in [5.74, 6) is -0.111. The molecule has 0 aromatic carbocycles. The second-order valence-corrected chi connectivity index (χ2v) is 6.51. The van der Waals surface area contributed by atoms with Gasteiger partial charge in [-0.15, -0.1) is 0 Å². The molecule has 122 valence electrons. The number of ether oxygens (including phenoxy) is 1. The maximum absolute atomic E-state index is 12.6. The zero-order valence-corrected chi connectivity index (χ0v) is 13.5. The summed E-state index contributed by atoms with van der Waals surface area (Å²) in [6.45, 7) is 6.86. The van der Waals surface area contributed by atoms with E-state index in [0.29, 0.717) is 24.1 Å². The number of hydrogen-bond donors (Lipinski definition) is 0. The van der Waals surface area contributed by atoms with Crippen LogP contribution in [0, 0.1) is 0 Å². The molecule has 1 unspecified atom stereocenters. The van der Waals surface area contributed by atoms with Crippen molar-refractivity contribution < 1.29 is 9.53 Å². The zero-order chi connectivity index (χ0) is 16.6. The third-order valence-electron chi connectivity index (χ3n) is 3.83. The molecule has 1 fully saturated rings. The minimum Gasteiger partial charge on any atom is -0.369 e. The summed E-state index contributed by atoms with van der Waals surface area (Å²) in [4.78, 5) is 34.9. The highest BCUT2D eigenvalue weighted by Crippen LogP contribution is 2.20. The first-order chi connectivity index (χ1) is 10.9. The number of carbonyl (C=O) groups excluding carboxylic acids is 1. The smallest absolute Gasteiger partial charge is 0.263 e. The van der Waals surface area contributed by atoms with Crippen LogP contribution in [0.4, 0.5) is 0 Å². The first kappa shape index (κ1) is 15.6. The quantitative estimate of drug-likeness (QED) is 0.819. The molecule has 1 saturated heterocycles. The maximum Gasteiger partial charge on any atom is 0.263 e. The van der Waals surface area contributed by atoms with E-state index in [1.165, 1.54) is 10.9 Å². The molecule has 0 aliphatic carbocycles. The first-order valence-corrected chi connectivity index (χ1v) is 7.61. The normalized spacial score (nSPS) is 20.7. The van der Waals surface area contributed by atoms with Crippen LogP contribution < -0.4 is 5.56 Å². The van der Waals surface area contributed by atoms with Crippen LogP contribution in [0.5, 0.6) is 0 Å². The van der Waals surface area contributed by atoms with Gasteiger partial charge >= 0.3 is 0 Å². The monoisotopic (exact) mass is 316 g/mol. The van der Waals surface area contributed by atoms with Crippen LogP contribution in [0.15, 0.2) is 29.5 Å². The van der Waals surface area contributed by atoms with Crippen molar-refractivity contribution in [3.8, 4) is 0 Å². The third kappa shape index (κ3) is 3.24. The summed E-state index contributed by atoms with van der Waals surface area (Å²) in [6.07, 6.45) is 2.94. The number of carbonyl (C=O) groups is 1. The van der Waals surface area contributed by atoms with Crippen LogP contribution in [-0.2, 0) is 16.1 Å². The summed E-state index contributed by atoms with van der Waals surface area (Å²) in [5.41, 5.74) is -0.247. The molecule has 1 aliphatic rings. The van der Waals surface area contributed by atoms with E-state index in [1.54, 1.807) is 23.2 Å². The Labute approximate surface area is 133 Å². The van der Waals surface area contributed by atoms with Crippen LogP contribution >= 0.6 is 0 Å². The lowest BCUT2D eigenvalue weighted by Gasteiger charge is -2.41. The van der Waals surface area contributed by atoms with Gasteiger partial charge < -0.3 is 9.64 Å². The van der Waals surface area contributed by atoms with E-state index in [1.807, 2.05) is 20.8 Å².